The zero-order valence-electron chi connectivity index (χ0n) is 12.2. The molecule has 1 aromatic heterocycles. The van der Waals surface area contributed by atoms with Crippen molar-refractivity contribution in [3.8, 4) is 0 Å². The smallest absolute Gasteiger partial charge is 0.293 e. The van der Waals surface area contributed by atoms with Crippen molar-refractivity contribution in [3.63, 3.8) is 0 Å². The van der Waals surface area contributed by atoms with Crippen LogP contribution in [0.25, 0.3) is 0 Å². The van der Waals surface area contributed by atoms with Crippen molar-refractivity contribution >= 4 is 5.91 Å². The molecule has 0 bridgehead atoms. The van der Waals surface area contributed by atoms with Crippen molar-refractivity contribution in [1.29, 1.82) is 0 Å². The summed E-state index contributed by atoms with van der Waals surface area (Å²) in [4.78, 5) is 18.2. The van der Waals surface area contributed by atoms with Crippen LogP contribution in [0.4, 0.5) is 0 Å². The summed E-state index contributed by atoms with van der Waals surface area (Å²) < 4.78 is 0. The number of carbonyl (C=O) groups is 1. The Bertz CT molecular complexity index is 604. The highest BCUT2D eigenvalue weighted by atomic mass is 16.2. The molecule has 5 heteroatoms. The lowest BCUT2D eigenvalue weighted by Crippen LogP contribution is -2.29. The SMILES string of the molecule is CN(CCCc1ccccc1)C(=O)c1n[nH]c(C2CC2)n1. The van der Waals surface area contributed by atoms with E-state index in [2.05, 4.69) is 27.3 Å². The maximum Gasteiger partial charge on any atom is 0.293 e. The van der Waals surface area contributed by atoms with Crippen molar-refractivity contribution < 1.29 is 4.79 Å². The van der Waals surface area contributed by atoms with Crippen LogP contribution >= 0.6 is 0 Å². The van der Waals surface area contributed by atoms with Gasteiger partial charge in [-0.3, -0.25) is 9.89 Å². The number of amides is 1. The first-order chi connectivity index (χ1) is 10.2. The highest BCUT2D eigenvalue weighted by molar-refractivity contribution is 5.90. The molecule has 110 valence electrons. The minimum Gasteiger partial charge on any atom is -0.339 e. The number of hydrogen-bond acceptors (Lipinski definition) is 3. The molecule has 0 spiro atoms. The molecule has 1 amide bonds. The Hall–Kier alpha value is -2.17. The second-order valence-electron chi connectivity index (χ2n) is 5.63. The summed E-state index contributed by atoms with van der Waals surface area (Å²) in [7, 11) is 1.81. The minimum atomic E-state index is -0.105. The third kappa shape index (κ3) is 3.48. The van der Waals surface area contributed by atoms with E-state index >= 15 is 0 Å². The molecule has 1 aliphatic carbocycles. The van der Waals surface area contributed by atoms with E-state index in [1.54, 1.807) is 11.9 Å². The number of aromatic nitrogens is 3. The van der Waals surface area contributed by atoms with E-state index in [0.29, 0.717) is 18.3 Å². The molecule has 3 rings (SSSR count). The van der Waals surface area contributed by atoms with Crippen LogP contribution in [0.2, 0.25) is 0 Å². The van der Waals surface area contributed by atoms with Crippen LogP contribution in [-0.4, -0.2) is 39.6 Å². The van der Waals surface area contributed by atoms with Gasteiger partial charge in [-0.15, -0.1) is 5.10 Å². The molecule has 1 N–H and O–H groups in total. The van der Waals surface area contributed by atoms with Crippen LogP contribution in [0.3, 0.4) is 0 Å². The molecule has 5 nitrogen and oxygen atoms in total. The third-order valence-electron chi connectivity index (χ3n) is 3.81. The van der Waals surface area contributed by atoms with E-state index < -0.39 is 0 Å². The van der Waals surface area contributed by atoms with Crippen LogP contribution in [-0.2, 0) is 6.42 Å². The average molecular weight is 284 g/mol. The summed E-state index contributed by atoms with van der Waals surface area (Å²) in [6.45, 7) is 0.709. The molecule has 1 aromatic carbocycles. The molecule has 2 aromatic rings. The van der Waals surface area contributed by atoms with Crippen LogP contribution in [0.5, 0.6) is 0 Å². The quantitative estimate of drug-likeness (QED) is 0.886. The summed E-state index contributed by atoms with van der Waals surface area (Å²) in [6.07, 6.45) is 4.21. The van der Waals surface area contributed by atoms with Gasteiger partial charge in [-0.2, -0.15) is 0 Å². The van der Waals surface area contributed by atoms with Crippen LogP contribution in [0, 0.1) is 0 Å². The molecule has 1 aliphatic rings. The lowest BCUT2D eigenvalue weighted by molar-refractivity contribution is 0.0782. The molecule has 1 saturated carbocycles. The number of aromatic amines is 1. The first-order valence-electron chi connectivity index (χ1n) is 7.46. The lowest BCUT2D eigenvalue weighted by Gasteiger charge is -2.14. The Balaban J connectivity index is 1.49. The van der Waals surface area contributed by atoms with E-state index in [4.69, 9.17) is 0 Å². The monoisotopic (exact) mass is 284 g/mol. The maximum atomic E-state index is 12.2. The minimum absolute atomic E-state index is 0.105. The average Bonchev–Trinajstić information content (AvgIpc) is 3.25. The first-order valence-corrected chi connectivity index (χ1v) is 7.46. The Labute approximate surface area is 124 Å². The second kappa shape index (κ2) is 6.08. The third-order valence-corrected chi connectivity index (χ3v) is 3.81. The molecule has 1 heterocycles. The van der Waals surface area contributed by atoms with E-state index in [1.807, 2.05) is 18.2 Å². The van der Waals surface area contributed by atoms with Crippen LogP contribution in [0.1, 0.15) is 47.2 Å². The Kier molecular flexibility index (Phi) is 3.99. The van der Waals surface area contributed by atoms with E-state index in [9.17, 15) is 4.79 Å². The van der Waals surface area contributed by atoms with E-state index in [-0.39, 0.29) is 5.91 Å². The number of carbonyl (C=O) groups excluding carboxylic acids is 1. The summed E-state index contributed by atoms with van der Waals surface area (Å²) in [5, 5.41) is 6.91. The highest BCUT2D eigenvalue weighted by Gasteiger charge is 2.28. The maximum absolute atomic E-state index is 12.2. The summed E-state index contributed by atoms with van der Waals surface area (Å²) in [5.41, 5.74) is 1.30. The van der Waals surface area contributed by atoms with Gasteiger partial charge >= 0.3 is 0 Å². The van der Waals surface area contributed by atoms with Crippen molar-refractivity contribution in [2.45, 2.75) is 31.6 Å². The number of benzene rings is 1. The molecule has 0 unspecified atom stereocenters. The Morgan fingerprint density at radius 2 is 2.10 bits per heavy atom. The molecular formula is C16H20N4O. The fraction of sp³-hybridized carbons (Fsp3) is 0.438. The van der Waals surface area contributed by atoms with Gasteiger partial charge in [-0.05, 0) is 31.2 Å². The van der Waals surface area contributed by atoms with Gasteiger partial charge in [0.1, 0.15) is 5.82 Å². The Morgan fingerprint density at radius 1 is 1.33 bits per heavy atom. The molecule has 1 fully saturated rings. The van der Waals surface area contributed by atoms with Crippen molar-refractivity contribution in [2.75, 3.05) is 13.6 Å². The van der Waals surface area contributed by atoms with Crippen LogP contribution < -0.4 is 0 Å². The van der Waals surface area contributed by atoms with Gasteiger partial charge < -0.3 is 4.90 Å². The number of nitrogens with one attached hydrogen (secondary N) is 1. The van der Waals surface area contributed by atoms with Gasteiger partial charge in [0.05, 0.1) is 0 Å². The standard InChI is InChI=1S/C16H20N4O/c1-20(11-5-8-12-6-3-2-4-7-12)16(21)15-17-14(18-19-15)13-9-10-13/h2-4,6-7,13H,5,8-11H2,1H3,(H,17,18,19). The zero-order valence-corrected chi connectivity index (χ0v) is 12.2. The molecule has 0 aliphatic heterocycles. The number of aryl methyl sites for hydroxylation is 1. The van der Waals surface area contributed by atoms with E-state index in [1.165, 1.54) is 5.56 Å². The first kappa shape index (κ1) is 13.8. The zero-order chi connectivity index (χ0) is 14.7. The fourth-order valence-electron chi connectivity index (χ4n) is 2.35. The normalized spacial score (nSPS) is 14.1. The van der Waals surface area contributed by atoms with Gasteiger partial charge in [0.2, 0.25) is 5.82 Å². The number of hydrogen-bond donors (Lipinski definition) is 1. The van der Waals surface area contributed by atoms with Gasteiger partial charge in [-0.1, -0.05) is 30.3 Å². The number of H-pyrrole nitrogens is 1. The van der Waals surface area contributed by atoms with Gasteiger partial charge in [0.25, 0.3) is 5.91 Å². The summed E-state index contributed by atoms with van der Waals surface area (Å²) in [6, 6.07) is 10.3. The largest absolute Gasteiger partial charge is 0.339 e. The summed E-state index contributed by atoms with van der Waals surface area (Å²) in [5.74, 6) is 1.53. The lowest BCUT2D eigenvalue weighted by atomic mass is 10.1. The molecular weight excluding hydrogens is 264 g/mol. The second-order valence-corrected chi connectivity index (χ2v) is 5.63. The van der Waals surface area contributed by atoms with Gasteiger partial charge in [0, 0.05) is 19.5 Å². The van der Waals surface area contributed by atoms with Crippen LogP contribution in [0.15, 0.2) is 30.3 Å². The van der Waals surface area contributed by atoms with Gasteiger partial charge in [-0.25, -0.2) is 4.98 Å². The van der Waals surface area contributed by atoms with Crippen molar-refractivity contribution in [3.05, 3.63) is 47.5 Å². The number of rotatable bonds is 6. The molecule has 0 atom stereocenters. The molecule has 21 heavy (non-hydrogen) atoms. The number of nitrogens with zero attached hydrogens (tertiary/aromatic N) is 3. The summed E-state index contributed by atoms with van der Waals surface area (Å²) >= 11 is 0. The van der Waals surface area contributed by atoms with E-state index in [0.717, 1.165) is 31.5 Å². The van der Waals surface area contributed by atoms with Gasteiger partial charge in [0.15, 0.2) is 0 Å². The highest BCUT2D eigenvalue weighted by Crippen LogP contribution is 2.37. The van der Waals surface area contributed by atoms with Crippen molar-refractivity contribution in [2.24, 2.45) is 0 Å². The van der Waals surface area contributed by atoms with Crippen molar-refractivity contribution in [1.82, 2.24) is 20.1 Å². The predicted molar refractivity (Wildman–Crippen MR) is 80.1 cm³/mol. The Morgan fingerprint density at radius 3 is 2.81 bits per heavy atom. The predicted octanol–water partition coefficient (Wildman–Crippen LogP) is 2.39. The molecule has 0 radical (unpaired) electrons. The topological polar surface area (TPSA) is 61.9 Å². The molecule has 0 saturated heterocycles. The fourth-order valence-corrected chi connectivity index (χ4v) is 2.35.